The SMILES string of the molecule is CC(=O)[C@H]1[C@@H]2C[C@@H](C(=O)C(C)(C)C)C[C@@H]21. The number of hydrogen-bond donors (Lipinski definition) is 0. The molecule has 0 unspecified atom stereocenters. The van der Waals surface area contributed by atoms with Gasteiger partial charge in [-0.25, -0.2) is 0 Å². The van der Waals surface area contributed by atoms with E-state index in [2.05, 4.69) is 0 Å². The van der Waals surface area contributed by atoms with Gasteiger partial charge in [-0.3, -0.25) is 9.59 Å². The lowest BCUT2D eigenvalue weighted by atomic mass is 9.80. The monoisotopic (exact) mass is 208 g/mol. The van der Waals surface area contributed by atoms with E-state index in [4.69, 9.17) is 0 Å². The number of carbonyl (C=O) groups is 2. The van der Waals surface area contributed by atoms with Crippen molar-refractivity contribution in [1.82, 2.24) is 0 Å². The Morgan fingerprint density at radius 3 is 1.87 bits per heavy atom. The average Bonchev–Trinajstić information content (AvgIpc) is 2.60. The van der Waals surface area contributed by atoms with Crippen molar-refractivity contribution < 1.29 is 9.59 Å². The fourth-order valence-electron chi connectivity index (χ4n) is 3.27. The van der Waals surface area contributed by atoms with Gasteiger partial charge in [-0.2, -0.15) is 0 Å². The van der Waals surface area contributed by atoms with Gasteiger partial charge in [0.25, 0.3) is 0 Å². The summed E-state index contributed by atoms with van der Waals surface area (Å²) in [6, 6.07) is 0. The predicted molar refractivity (Wildman–Crippen MR) is 58.3 cm³/mol. The maximum atomic E-state index is 12.0. The van der Waals surface area contributed by atoms with Gasteiger partial charge < -0.3 is 0 Å². The van der Waals surface area contributed by atoms with Crippen molar-refractivity contribution in [2.24, 2.45) is 29.1 Å². The van der Waals surface area contributed by atoms with Crippen LogP contribution in [0.3, 0.4) is 0 Å². The molecule has 0 aromatic heterocycles. The molecule has 15 heavy (non-hydrogen) atoms. The van der Waals surface area contributed by atoms with Crippen LogP contribution in [0.1, 0.15) is 40.5 Å². The minimum atomic E-state index is -0.215. The molecule has 0 amide bonds. The number of carbonyl (C=O) groups excluding carboxylic acids is 2. The molecule has 2 nitrogen and oxygen atoms in total. The Morgan fingerprint density at radius 2 is 1.53 bits per heavy atom. The van der Waals surface area contributed by atoms with Crippen molar-refractivity contribution >= 4 is 11.6 Å². The summed E-state index contributed by atoms with van der Waals surface area (Å²) in [6.45, 7) is 7.65. The Balaban J connectivity index is 1.94. The second-order valence-corrected chi connectivity index (χ2v) is 6.25. The highest BCUT2D eigenvalue weighted by Gasteiger charge is 2.59. The topological polar surface area (TPSA) is 34.1 Å². The lowest BCUT2D eigenvalue weighted by Gasteiger charge is -2.22. The summed E-state index contributed by atoms with van der Waals surface area (Å²) < 4.78 is 0. The molecule has 4 atom stereocenters. The van der Waals surface area contributed by atoms with Gasteiger partial charge in [-0.15, -0.1) is 0 Å². The Hall–Kier alpha value is -0.660. The first kappa shape index (κ1) is 10.8. The summed E-state index contributed by atoms with van der Waals surface area (Å²) in [4.78, 5) is 23.2. The smallest absolute Gasteiger partial charge is 0.141 e. The van der Waals surface area contributed by atoms with E-state index < -0.39 is 0 Å². The molecular formula is C13H20O2. The molecule has 0 bridgehead atoms. The number of Topliss-reactive ketones (excluding diaryl/α,β-unsaturated/α-hetero) is 2. The highest BCUT2D eigenvalue weighted by molar-refractivity contribution is 5.88. The Bertz CT molecular complexity index is 299. The molecule has 0 spiro atoms. The lowest BCUT2D eigenvalue weighted by molar-refractivity contribution is -0.131. The van der Waals surface area contributed by atoms with Gasteiger partial charge in [-0.1, -0.05) is 20.8 Å². The fraction of sp³-hybridized carbons (Fsp3) is 0.846. The standard InChI is InChI=1S/C13H20O2/c1-7(14)11-9-5-8(6-10(9)11)12(15)13(2,3)4/h8-11H,5-6H2,1-4H3/t8-,9-,10+,11+. The van der Waals surface area contributed by atoms with Crippen molar-refractivity contribution in [2.45, 2.75) is 40.5 Å². The molecule has 2 aliphatic rings. The van der Waals surface area contributed by atoms with Gasteiger partial charge in [0.05, 0.1) is 0 Å². The number of ketones is 2. The summed E-state index contributed by atoms with van der Waals surface area (Å²) in [7, 11) is 0. The van der Waals surface area contributed by atoms with Crippen molar-refractivity contribution in [3.05, 3.63) is 0 Å². The normalized spacial score (nSPS) is 38.7. The maximum absolute atomic E-state index is 12.0. The molecule has 2 aliphatic carbocycles. The molecule has 2 fully saturated rings. The van der Waals surface area contributed by atoms with E-state index in [9.17, 15) is 9.59 Å². The predicted octanol–water partition coefficient (Wildman–Crippen LogP) is 2.46. The van der Waals surface area contributed by atoms with Crippen LogP contribution in [0, 0.1) is 29.1 Å². The molecule has 0 radical (unpaired) electrons. The Morgan fingerprint density at radius 1 is 1.07 bits per heavy atom. The van der Waals surface area contributed by atoms with Gasteiger partial charge in [0.15, 0.2) is 0 Å². The van der Waals surface area contributed by atoms with Crippen molar-refractivity contribution in [3.63, 3.8) is 0 Å². The summed E-state index contributed by atoms with van der Waals surface area (Å²) in [5, 5.41) is 0. The van der Waals surface area contributed by atoms with Gasteiger partial charge in [0, 0.05) is 17.3 Å². The molecule has 0 heterocycles. The third-order valence-electron chi connectivity index (χ3n) is 4.02. The quantitative estimate of drug-likeness (QED) is 0.698. The molecule has 2 heteroatoms. The van der Waals surface area contributed by atoms with Gasteiger partial charge >= 0.3 is 0 Å². The second kappa shape index (κ2) is 3.16. The zero-order chi connectivity index (χ0) is 11.4. The summed E-state index contributed by atoms with van der Waals surface area (Å²) >= 11 is 0. The average molecular weight is 208 g/mol. The molecule has 0 aromatic carbocycles. The minimum absolute atomic E-state index is 0.215. The minimum Gasteiger partial charge on any atom is -0.300 e. The second-order valence-electron chi connectivity index (χ2n) is 6.25. The highest BCUT2D eigenvalue weighted by atomic mass is 16.1. The van der Waals surface area contributed by atoms with E-state index in [1.54, 1.807) is 6.92 Å². The van der Waals surface area contributed by atoms with E-state index in [0.29, 0.717) is 29.3 Å². The molecule has 2 saturated carbocycles. The molecule has 0 aromatic rings. The van der Waals surface area contributed by atoms with Crippen LogP contribution in [0.5, 0.6) is 0 Å². The van der Waals surface area contributed by atoms with E-state index in [0.717, 1.165) is 12.8 Å². The van der Waals surface area contributed by atoms with Crippen LogP contribution < -0.4 is 0 Å². The Kier molecular flexibility index (Phi) is 2.29. The third kappa shape index (κ3) is 1.75. The van der Waals surface area contributed by atoms with Gasteiger partial charge in [0.1, 0.15) is 11.6 Å². The van der Waals surface area contributed by atoms with E-state index >= 15 is 0 Å². The van der Waals surface area contributed by atoms with Crippen molar-refractivity contribution in [3.8, 4) is 0 Å². The number of rotatable bonds is 2. The van der Waals surface area contributed by atoms with E-state index in [1.165, 1.54) is 0 Å². The maximum Gasteiger partial charge on any atom is 0.141 e. The molecule has 0 N–H and O–H groups in total. The number of fused-ring (bicyclic) bond motifs is 1. The zero-order valence-corrected chi connectivity index (χ0v) is 10.0. The fourth-order valence-corrected chi connectivity index (χ4v) is 3.27. The van der Waals surface area contributed by atoms with Crippen LogP contribution in [0.2, 0.25) is 0 Å². The van der Waals surface area contributed by atoms with Crippen LogP contribution in [0.15, 0.2) is 0 Å². The van der Waals surface area contributed by atoms with Crippen LogP contribution in [0.25, 0.3) is 0 Å². The Labute approximate surface area is 91.4 Å². The van der Waals surface area contributed by atoms with E-state index in [1.807, 2.05) is 20.8 Å². The summed E-state index contributed by atoms with van der Waals surface area (Å²) in [5.74, 6) is 2.32. The lowest BCUT2D eigenvalue weighted by Crippen LogP contribution is -2.28. The van der Waals surface area contributed by atoms with Crippen molar-refractivity contribution in [1.29, 1.82) is 0 Å². The first-order chi connectivity index (χ1) is 6.82. The molecule has 0 aliphatic heterocycles. The molecule has 84 valence electrons. The van der Waals surface area contributed by atoms with Crippen molar-refractivity contribution in [2.75, 3.05) is 0 Å². The molecule has 2 rings (SSSR count). The van der Waals surface area contributed by atoms with Gasteiger partial charge in [0.2, 0.25) is 0 Å². The third-order valence-corrected chi connectivity index (χ3v) is 4.02. The highest BCUT2D eigenvalue weighted by Crippen LogP contribution is 2.60. The van der Waals surface area contributed by atoms with E-state index in [-0.39, 0.29) is 11.3 Å². The summed E-state index contributed by atoms with van der Waals surface area (Å²) in [6.07, 6.45) is 1.93. The zero-order valence-electron chi connectivity index (χ0n) is 10.0. The summed E-state index contributed by atoms with van der Waals surface area (Å²) in [5.41, 5.74) is -0.215. The first-order valence-corrected chi connectivity index (χ1v) is 5.87. The molecule has 0 saturated heterocycles. The largest absolute Gasteiger partial charge is 0.300 e. The van der Waals surface area contributed by atoms with Crippen LogP contribution in [0.4, 0.5) is 0 Å². The van der Waals surface area contributed by atoms with Crippen LogP contribution >= 0.6 is 0 Å². The first-order valence-electron chi connectivity index (χ1n) is 5.87. The molecular weight excluding hydrogens is 188 g/mol. The van der Waals surface area contributed by atoms with Gasteiger partial charge in [-0.05, 0) is 31.6 Å². The number of hydrogen-bond acceptors (Lipinski definition) is 2. The van der Waals surface area contributed by atoms with Crippen LogP contribution in [-0.4, -0.2) is 11.6 Å². The van der Waals surface area contributed by atoms with Crippen LogP contribution in [-0.2, 0) is 9.59 Å².